The highest BCUT2D eigenvalue weighted by Gasteiger charge is 2.47. The minimum atomic E-state index is -0.911. The van der Waals surface area contributed by atoms with Gasteiger partial charge in [-0.25, -0.2) is 4.79 Å². The Morgan fingerprint density at radius 2 is 2.35 bits per heavy atom. The van der Waals surface area contributed by atoms with Gasteiger partial charge in [-0.1, -0.05) is 20.3 Å². The van der Waals surface area contributed by atoms with Crippen molar-refractivity contribution in [1.29, 1.82) is 0 Å². The molecule has 0 radical (unpaired) electrons. The Bertz CT molecular complexity index is 294. The third kappa shape index (κ3) is 2.77. The molecule has 0 saturated carbocycles. The average molecular weight is 243 g/mol. The van der Waals surface area contributed by atoms with Crippen LogP contribution < -0.4 is 0 Å². The molecule has 1 unspecified atom stereocenters. The zero-order valence-corrected chi connectivity index (χ0v) is 10.9. The monoisotopic (exact) mass is 243 g/mol. The number of ether oxygens (including phenoxy) is 2. The number of hydrogen-bond acceptors (Lipinski definition) is 4. The van der Waals surface area contributed by atoms with Crippen molar-refractivity contribution in [3.05, 3.63) is 0 Å². The van der Waals surface area contributed by atoms with E-state index in [2.05, 4.69) is 13.8 Å². The van der Waals surface area contributed by atoms with E-state index in [1.54, 1.807) is 6.92 Å². The van der Waals surface area contributed by atoms with Crippen LogP contribution in [0.3, 0.4) is 0 Å². The molecular weight excluding hydrogens is 222 g/mol. The van der Waals surface area contributed by atoms with Crippen LogP contribution in [0.2, 0.25) is 0 Å². The molecule has 1 rings (SSSR count). The summed E-state index contributed by atoms with van der Waals surface area (Å²) in [6.07, 6.45) is 1.60. The van der Waals surface area contributed by atoms with Crippen molar-refractivity contribution >= 4 is 12.4 Å². The van der Waals surface area contributed by atoms with Gasteiger partial charge in [-0.2, -0.15) is 0 Å². The molecule has 17 heavy (non-hydrogen) atoms. The Kier molecular flexibility index (Phi) is 4.51. The molecule has 0 bridgehead atoms. The van der Waals surface area contributed by atoms with Crippen molar-refractivity contribution in [1.82, 2.24) is 4.90 Å². The number of amides is 1. The molecule has 1 aliphatic heterocycles. The molecule has 1 saturated heterocycles. The van der Waals surface area contributed by atoms with Crippen molar-refractivity contribution in [2.45, 2.75) is 45.4 Å². The third-order valence-electron chi connectivity index (χ3n) is 3.33. The molecular formula is C12H21NO4. The van der Waals surface area contributed by atoms with Crippen LogP contribution in [0.4, 0.5) is 4.79 Å². The Labute approximate surface area is 102 Å². The largest absolute Gasteiger partial charge is 0.453 e. The van der Waals surface area contributed by atoms with Gasteiger partial charge in [-0.15, -0.1) is 0 Å². The summed E-state index contributed by atoms with van der Waals surface area (Å²) in [6.45, 7) is 6.09. The lowest BCUT2D eigenvalue weighted by atomic mass is 10.0. The van der Waals surface area contributed by atoms with E-state index in [0.717, 1.165) is 19.1 Å². The number of aldehydes is 1. The lowest BCUT2D eigenvalue weighted by molar-refractivity contribution is -0.115. The minimum Gasteiger partial charge on any atom is -0.453 e. The lowest BCUT2D eigenvalue weighted by Gasteiger charge is -2.31. The maximum Gasteiger partial charge on any atom is 0.412 e. The molecule has 5 nitrogen and oxygen atoms in total. The summed E-state index contributed by atoms with van der Waals surface area (Å²) in [5, 5.41) is 0. The van der Waals surface area contributed by atoms with E-state index in [1.807, 2.05) is 0 Å². The number of carbonyl (C=O) groups excluding carboxylic acids is 2. The second-order valence-electron chi connectivity index (χ2n) is 4.83. The number of nitrogens with zero attached hydrogens (tertiary/aromatic N) is 1. The summed E-state index contributed by atoms with van der Waals surface area (Å²) in [6, 6.07) is 0. The number of hydrogen-bond donors (Lipinski definition) is 0. The molecule has 1 amide bonds. The molecule has 1 fully saturated rings. The summed E-state index contributed by atoms with van der Waals surface area (Å²) in [5.74, 6) is 0.432. The standard InChI is InChI=1S/C12H21NO4/c1-5-9(2)6-10-13(11(15)16-4)12(3,7-14)8-17-10/h7,9-10H,5-6,8H2,1-4H3/t9?,10-,12-/m1/s1. The van der Waals surface area contributed by atoms with Crippen LogP contribution in [0.15, 0.2) is 0 Å². The number of rotatable bonds is 4. The quantitative estimate of drug-likeness (QED) is 0.706. The Morgan fingerprint density at radius 3 is 2.82 bits per heavy atom. The molecule has 3 atom stereocenters. The SMILES string of the molecule is CCC(C)C[C@H]1OC[C@@](C)(C=O)N1C(=O)OC. The first-order valence-corrected chi connectivity index (χ1v) is 5.93. The van der Waals surface area contributed by atoms with Crippen LogP contribution in [-0.4, -0.2) is 42.8 Å². The first-order chi connectivity index (χ1) is 7.98. The van der Waals surface area contributed by atoms with Gasteiger partial charge >= 0.3 is 6.09 Å². The van der Waals surface area contributed by atoms with Gasteiger partial charge in [0.05, 0.1) is 13.7 Å². The number of carbonyl (C=O) groups is 2. The summed E-state index contributed by atoms with van der Waals surface area (Å²) < 4.78 is 10.3. The van der Waals surface area contributed by atoms with Crippen LogP contribution >= 0.6 is 0 Å². The zero-order chi connectivity index (χ0) is 13.1. The summed E-state index contributed by atoms with van der Waals surface area (Å²) in [4.78, 5) is 24.3. The average Bonchev–Trinajstić information content (AvgIpc) is 2.66. The van der Waals surface area contributed by atoms with E-state index in [4.69, 9.17) is 9.47 Å². The highest BCUT2D eigenvalue weighted by molar-refractivity contribution is 5.77. The van der Waals surface area contributed by atoms with E-state index in [-0.39, 0.29) is 12.8 Å². The van der Waals surface area contributed by atoms with Crippen molar-refractivity contribution in [2.24, 2.45) is 5.92 Å². The predicted molar refractivity (Wildman–Crippen MR) is 62.5 cm³/mol. The highest BCUT2D eigenvalue weighted by Crippen LogP contribution is 2.30. The van der Waals surface area contributed by atoms with Gasteiger partial charge in [-0.3, -0.25) is 4.90 Å². The maximum atomic E-state index is 11.7. The van der Waals surface area contributed by atoms with Gasteiger partial charge in [0.15, 0.2) is 0 Å². The van der Waals surface area contributed by atoms with Gasteiger partial charge in [0.2, 0.25) is 0 Å². The van der Waals surface area contributed by atoms with Crippen LogP contribution in [0.1, 0.15) is 33.6 Å². The topological polar surface area (TPSA) is 55.8 Å². The molecule has 5 heteroatoms. The van der Waals surface area contributed by atoms with E-state index < -0.39 is 11.6 Å². The lowest BCUT2D eigenvalue weighted by Crippen LogP contribution is -2.51. The predicted octanol–water partition coefficient (Wildman–Crippen LogP) is 1.80. The number of methoxy groups -OCH3 is 1. The van der Waals surface area contributed by atoms with Crippen molar-refractivity contribution in [3.8, 4) is 0 Å². The van der Waals surface area contributed by atoms with Crippen LogP contribution in [0.25, 0.3) is 0 Å². The smallest absolute Gasteiger partial charge is 0.412 e. The third-order valence-corrected chi connectivity index (χ3v) is 3.33. The molecule has 0 N–H and O–H groups in total. The fourth-order valence-corrected chi connectivity index (χ4v) is 1.94. The Hall–Kier alpha value is -1.10. The molecule has 98 valence electrons. The van der Waals surface area contributed by atoms with Gasteiger partial charge in [0, 0.05) is 0 Å². The maximum absolute atomic E-state index is 11.7. The second kappa shape index (κ2) is 5.49. The molecule has 0 spiro atoms. The molecule has 1 aliphatic rings. The van der Waals surface area contributed by atoms with Crippen LogP contribution in [0.5, 0.6) is 0 Å². The molecule has 0 aliphatic carbocycles. The van der Waals surface area contributed by atoms with E-state index in [0.29, 0.717) is 5.92 Å². The summed E-state index contributed by atoms with van der Waals surface area (Å²) >= 11 is 0. The first-order valence-electron chi connectivity index (χ1n) is 5.93. The van der Waals surface area contributed by atoms with Crippen molar-refractivity contribution < 1.29 is 19.1 Å². The minimum absolute atomic E-state index is 0.229. The van der Waals surface area contributed by atoms with E-state index >= 15 is 0 Å². The fraction of sp³-hybridized carbons (Fsp3) is 0.833. The Morgan fingerprint density at radius 1 is 1.71 bits per heavy atom. The fourth-order valence-electron chi connectivity index (χ4n) is 1.94. The van der Waals surface area contributed by atoms with E-state index in [9.17, 15) is 9.59 Å². The molecule has 0 aromatic heterocycles. The van der Waals surface area contributed by atoms with Gasteiger partial charge in [0.25, 0.3) is 0 Å². The normalized spacial score (nSPS) is 30.1. The van der Waals surface area contributed by atoms with Crippen LogP contribution in [0, 0.1) is 5.92 Å². The van der Waals surface area contributed by atoms with Gasteiger partial charge < -0.3 is 14.3 Å². The molecule has 1 heterocycles. The van der Waals surface area contributed by atoms with Crippen LogP contribution in [-0.2, 0) is 14.3 Å². The Balaban J connectivity index is 2.84. The van der Waals surface area contributed by atoms with Gasteiger partial charge in [-0.05, 0) is 19.3 Å². The van der Waals surface area contributed by atoms with Gasteiger partial charge in [0.1, 0.15) is 18.1 Å². The van der Waals surface area contributed by atoms with Crippen molar-refractivity contribution in [3.63, 3.8) is 0 Å². The summed E-state index contributed by atoms with van der Waals surface area (Å²) in [5.41, 5.74) is -0.911. The zero-order valence-electron chi connectivity index (χ0n) is 10.9. The second-order valence-corrected chi connectivity index (χ2v) is 4.83. The first kappa shape index (κ1) is 14.0. The van der Waals surface area contributed by atoms with E-state index in [1.165, 1.54) is 12.0 Å². The molecule has 0 aromatic rings. The summed E-state index contributed by atoms with van der Waals surface area (Å²) in [7, 11) is 1.31. The molecule has 0 aromatic carbocycles. The highest BCUT2D eigenvalue weighted by atomic mass is 16.6. The van der Waals surface area contributed by atoms with Crippen molar-refractivity contribution in [2.75, 3.05) is 13.7 Å².